The summed E-state index contributed by atoms with van der Waals surface area (Å²) in [6, 6.07) is 16.1. The summed E-state index contributed by atoms with van der Waals surface area (Å²) in [5.74, 6) is 0.287. The molecule has 0 spiro atoms. The molecule has 0 unspecified atom stereocenters. The lowest BCUT2D eigenvalue weighted by atomic mass is 10.2. The number of pyridine rings is 1. The molecule has 0 atom stereocenters. The van der Waals surface area contributed by atoms with Crippen LogP contribution in [0.5, 0.6) is 5.75 Å². The van der Waals surface area contributed by atoms with Crippen LogP contribution >= 0.6 is 0 Å². The highest BCUT2D eigenvalue weighted by atomic mass is 32.2. The van der Waals surface area contributed by atoms with E-state index in [0.29, 0.717) is 30.2 Å². The van der Waals surface area contributed by atoms with E-state index in [1.165, 1.54) is 18.2 Å². The number of rotatable bonds is 8. The van der Waals surface area contributed by atoms with Gasteiger partial charge in [0.05, 0.1) is 11.5 Å². The molecule has 0 radical (unpaired) electrons. The highest BCUT2D eigenvalue weighted by Gasteiger charge is 2.15. The van der Waals surface area contributed by atoms with Crippen molar-refractivity contribution in [1.29, 1.82) is 0 Å². The Balaban J connectivity index is 1.69. The number of hydrogen-bond donors (Lipinski definition) is 2. The Bertz CT molecular complexity index is 1070. The molecular weight excluding hydrogens is 390 g/mol. The van der Waals surface area contributed by atoms with Gasteiger partial charge in [0.1, 0.15) is 5.75 Å². The number of nitrogens with zero attached hydrogens (tertiary/aromatic N) is 1. The Hall–Kier alpha value is -3.39. The molecule has 29 heavy (non-hydrogen) atoms. The summed E-state index contributed by atoms with van der Waals surface area (Å²) in [4.78, 5) is 16.5. The van der Waals surface area contributed by atoms with Crippen LogP contribution in [0, 0.1) is 0 Å². The van der Waals surface area contributed by atoms with Crippen LogP contribution < -0.4 is 14.8 Å². The second-order valence-corrected chi connectivity index (χ2v) is 7.82. The maximum atomic E-state index is 12.6. The fourth-order valence-electron chi connectivity index (χ4n) is 2.61. The number of hydrogen-bond acceptors (Lipinski definition) is 5. The second-order valence-electron chi connectivity index (χ2n) is 6.13. The molecule has 3 rings (SSSR count). The molecule has 2 N–H and O–H groups in total. The molecule has 2 aromatic carbocycles. The van der Waals surface area contributed by atoms with Crippen LogP contribution in [0.4, 0.5) is 5.69 Å². The fourth-order valence-corrected chi connectivity index (χ4v) is 3.66. The van der Waals surface area contributed by atoms with Crippen molar-refractivity contribution in [2.45, 2.75) is 18.4 Å². The van der Waals surface area contributed by atoms with Crippen molar-refractivity contribution in [2.75, 3.05) is 11.3 Å². The Morgan fingerprint density at radius 1 is 1.07 bits per heavy atom. The molecule has 0 bridgehead atoms. The van der Waals surface area contributed by atoms with Gasteiger partial charge < -0.3 is 10.1 Å². The van der Waals surface area contributed by atoms with Gasteiger partial charge in [-0.15, -0.1) is 0 Å². The predicted octanol–water partition coefficient (Wildman–Crippen LogP) is 3.21. The van der Waals surface area contributed by atoms with Gasteiger partial charge in [0.2, 0.25) is 0 Å². The smallest absolute Gasteiger partial charge is 0.261 e. The molecule has 0 fully saturated rings. The van der Waals surface area contributed by atoms with Gasteiger partial charge in [-0.1, -0.05) is 12.1 Å². The molecule has 0 aliphatic heterocycles. The zero-order chi connectivity index (χ0) is 20.7. The minimum atomic E-state index is -3.79. The number of carbonyl (C=O) groups excluding carboxylic acids is 1. The van der Waals surface area contributed by atoms with Crippen molar-refractivity contribution in [3.63, 3.8) is 0 Å². The van der Waals surface area contributed by atoms with Crippen LogP contribution in [0.15, 0.2) is 78.0 Å². The zero-order valence-electron chi connectivity index (χ0n) is 15.8. The molecule has 0 saturated heterocycles. The average molecular weight is 411 g/mol. The van der Waals surface area contributed by atoms with Crippen LogP contribution in [-0.4, -0.2) is 25.9 Å². The Morgan fingerprint density at radius 2 is 1.86 bits per heavy atom. The summed E-state index contributed by atoms with van der Waals surface area (Å²) < 4.78 is 33.0. The normalized spacial score (nSPS) is 10.9. The van der Waals surface area contributed by atoms with Gasteiger partial charge in [-0.05, 0) is 61.0 Å². The van der Waals surface area contributed by atoms with E-state index in [0.717, 1.165) is 5.56 Å². The molecular formula is C21H21N3O4S. The van der Waals surface area contributed by atoms with Crippen molar-refractivity contribution in [3.05, 3.63) is 84.2 Å². The van der Waals surface area contributed by atoms with E-state index >= 15 is 0 Å². The SMILES string of the molecule is CCOc1ccc(S(=O)(=O)Nc2cccc(C(=O)NCc3cccnc3)c2)cc1. The molecule has 7 nitrogen and oxygen atoms in total. The third kappa shape index (κ3) is 5.55. The highest BCUT2D eigenvalue weighted by Crippen LogP contribution is 2.20. The molecule has 0 saturated carbocycles. The largest absolute Gasteiger partial charge is 0.494 e. The minimum absolute atomic E-state index is 0.104. The van der Waals surface area contributed by atoms with Crippen molar-refractivity contribution < 1.29 is 17.9 Å². The number of ether oxygens (including phenoxy) is 1. The lowest BCUT2D eigenvalue weighted by Gasteiger charge is -2.11. The first-order valence-electron chi connectivity index (χ1n) is 9.01. The number of benzene rings is 2. The predicted molar refractivity (Wildman–Crippen MR) is 110 cm³/mol. The lowest BCUT2D eigenvalue weighted by molar-refractivity contribution is 0.0951. The highest BCUT2D eigenvalue weighted by molar-refractivity contribution is 7.92. The average Bonchev–Trinajstić information content (AvgIpc) is 2.73. The van der Waals surface area contributed by atoms with E-state index in [2.05, 4.69) is 15.0 Å². The summed E-state index contributed by atoms with van der Waals surface area (Å²) in [6.07, 6.45) is 3.33. The number of aromatic nitrogens is 1. The first kappa shape index (κ1) is 20.3. The second kappa shape index (κ2) is 9.20. The van der Waals surface area contributed by atoms with Crippen LogP contribution in [-0.2, 0) is 16.6 Å². The number of amides is 1. The van der Waals surface area contributed by atoms with Crippen LogP contribution in [0.25, 0.3) is 0 Å². The van der Waals surface area contributed by atoms with Crippen LogP contribution in [0.3, 0.4) is 0 Å². The summed E-state index contributed by atoms with van der Waals surface area (Å²) in [7, 11) is -3.79. The molecule has 8 heteroatoms. The molecule has 150 valence electrons. The molecule has 3 aromatic rings. The first-order valence-corrected chi connectivity index (χ1v) is 10.5. The quantitative estimate of drug-likeness (QED) is 0.593. The third-order valence-electron chi connectivity index (χ3n) is 4.00. The van der Waals surface area contributed by atoms with Gasteiger partial charge in [-0.3, -0.25) is 14.5 Å². The van der Waals surface area contributed by atoms with Gasteiger partial charge in [0.25, 0.3) is 15.9 Å². The van der Waals surface area contributed by atoms with E-state index in [1.807, 2.05) is 13.0 Å². The van der Waals surface area contributed by atoms with Gasteiger partial charge in [0.15, 0.2) is 0 Å². The molecule has 1 aromatic heterocycles. The minimum Gasteiger partial charge on any atom is -0.494 e. The van der Waals surface area contributed by atoms with E-state index in [9.17, 15) is 13.2 Å². The molecule has 0 aliphatic carbocycles. The number of sulfonamides is 1. The van der Waals surface area contributed by atoms with Crippen LogP contribution in [0.1, 0.15) is 22.8 Å². The fraction of sp³-hybridized carbons (Fsp3) is 0.143. The van der Waals surface area contributed by atoms with Crippen molar-refractivity contribution in [2.24, 2.45) is 0 Å². The monoisotopic (exact) mass is 411 g/mol. The summed E-state index contributed by atoms with van der Waals surface area (Å²) in [5, 5.41) is 2.79. The standard InChI is InChI=1S/C21H21N3O4S/c1-2-28-19-8-10-20(11-9-19)29(26,27)24-18-7-3-6-17(13-18)21(25)23-15-16-5-4-12-22-14-16/h3-14,24H,2,15H2,1H3,(H,23,25). The Morgan fingerprint density at radius 3 is 2.55 bits per heavy atom. The lowest BCUT2D eigenvalue weighted by Crippen LogP contribution is -2.23. The van der Waals surface area contributed by atoms with Crippen molar-refractivity contribution in [3.8, 4) is 5.75 Å². The Labute approximate surface area is 169 Å². The number of carbonyl (C=O) groups is 1. The molecule has 0 aliphatic rings. The van der Waals surface area contributed by atoms with E-state index in [4.69, 9.17) is 4.74 Å². The van der Waals surface area contributed by atoms with Crippen molar-refractivity contribution >= 4 is 21.6 Å². The van der Waals surface area contributed by atoms with Gasteiger partial charge in [0, 0.05) is 30.2 Å². The Kier molecular flexibility index (Phi) is 6.46. The van der Waals surface area contributed by atoms with E-state index in [1.54, 1.807) is 48.8 Å². The van der Waals surface area contributed by atoms with Crippen LogP contribution in [0.2, 0.25) is 0 Å². The number of nitrogens with one attached hydrogen (secondary N) is 2. The van der Waals surface area contributed by atoms with Gasteiger partial charge >= 0.3 is 0 Å². The zero-order valence-corrected chi connectivity index (χ0v) is 16.6. The number of anilines is 1. The van der Waals surface area contributed by atoms with Gasteiger partial charge in [-0.2, -0.15) is 0 Å². The molecule has 1 amide bonds. The van der Waals surface area contributed by atoms with Crippen molar-refractivity contribution in [1.82, 2.24) is 10.3 Å². The van der Waals surface area contributed by atoms with E-state index in [-0.39, 0.29) is 10.8 Å². The molecule has 1 heterocycles. The third-order valence-corrected chi connectivity index (χ3v) is 5.40. The summed E-state index contributed by atoms with van der Waals surface area (Å²) in [6.45, 7) is 2.68. The summed E-state index contributed by atoms with van der Waals surface area (Å²) >= 11 is 0. The van der Waals surface area contributed by atoms with E-state index < -0.39 is 10.0 Å². The van der Waals surface area contributed by atoms with Gasteiger partial charge in [-0.25, -0.2) is 8.42 Å². The topological polar surface area (TPSA) is 97.4 Å². The maximum absolute atomic E-state index is 12.6. The maximum Gasteiger partial charge on any atom is 0.261 e. The summed E-state index contributed by atoms with van der Waals surface area (Å²) in [5.41, 5.74) is 1.52. The first-order chi connectivity index (χ1) is 14.0.